The first-order valence-corrected chi connectivity index (χ1v) is 13.6. The number of carboxylic acids is 2. The average molecular weight is 616 g/mol. The van der Waals surface area contributed by atoms with Gasteiger partial charge in [-0.1, -0.05) is 0 Å². The van der Waals surface area contributed by atoms with Crippen LogP contribution in [0.4, 0.5) is 0 Å². The topological polar surface area (TPSA) is 319 Å². The normalized spacial score (nSPS) is 17.0. The Balaban J connectivity index is 2.90. The predicted molar refractivity (Wildman–Crippen MR) is 148 cm³/mol. The van der Waals surface area contributed by atoms with E-state index >= 15 is 0 Å². The van der Waals surface area contributed by atoms with Gasteiger partial charge in [0.25, 0.3) is 0 Å². The van der Waals surface area contributed by atoms with E-state index in [2.05, 4.69) is 26.6 Å². The summed E-state index contributed by atoms with van der Waals surface area (Å²) in [5.74, 6) is -6.99. The minimum absolute atomic E-state index is 0.0910. The summed E-state index contributed by atoms with van der Waals surface area (Å²) in [5.41, 5.74) is 10.5. The van der Waals surface area contributed by atoms with Gasteiger partial charge in [-0.2, -0.15) is 0 Å². The maximum absolute atomic E-state index is 13.0. The van der Waals surface area contributed by atoms with Crippen LogP contribution in [0, 0.1) is 5.41 Å². The molecule has 0 aromatic heterocycles. The Kier molecular flexibility index (Phi) is 15.4. The SMILES string of the molecule is C[C@@H](O)[C@H](NC(=O)[C@H](CCC(=O)O)NC(=O)CNC(=O)[C@H](CCCNC(=N)N)NC(=O)CN)C(=O)N1CCC[C@H]1C(=O)O. The van der Waals surface area contributed by atoms with Crippen molar-refractivity contribution in [2.45, 2.75) is 75.7 Å². The number of nitrogens with two attached hydrogens (primary N) is 2. The zero-order chi connectivity index (χ0) is 32.7. The molecule has 0 unspecified atom stereocenters. The number of aliphatic carboxylic acids is 2. The van der Waals surface area contributed by atoms with E-state index in [1.807, 2.05) is 0 Å². The summed E-state index contributed by atoms with van der Waals surface area (Å²) in [6.07, 6.45) is -1.45. The van der Waals surface area contributed by atoms with E-state index in [0.717, 1.165) is 4.90 Å². The Morgan fingerprint density at radius 3 is 2.14 bits per heavy atom. The van der Waals surface area contributed by atoms with Gasteiger partial charge in [0.05, 0.1) is 19.2 Å². The minimum atomic E-state index is -1.58. The van der Waals surface area contributed by atoms with Crippen LogP contribution >= 0.6 is 0 Å². The molecule has 0 aromatic rings. The maximum atomic E-state index is 13.0. The molecule has 19 nitrogen and oxygen atoms in total. The summed E-state index contributed by atoms with van der Waals surface area (Å²) in [7, 11) is 0. The van der Waals surface area contributed by atoms with Gasteiger partial charge in [-0.3, -0.25) is 34.2 Å². The Hall–Kier alpha value is -4.52. The number of carboxylic acid groups (broad SMARTS) is 2. The highest BCUT2D eigenvalue weighted by Gasteiger charge is 2.40. The lowest BCUT2D eigenvalue weighted by Gasteiger charge is -2.30. The molecule has 19 heteroatoms. The Labute approximate surface area is 247 Å². The molecule has 13 N–H and O–H groups in total. The quantitative estimate of drug-likeness (QED) is 0.0392. The summed E-state index contributed by atoms with van der Waals surface area (Å²) in [4.78, 5) is 86.8. The number of nitrogens with one attached hydrogen (secondary N) is 6. The third-order valence-electron chi connectivity index (χ3n) is 6.41. The second-order valence-corrected chi connectivity index (χ2v) is 9.83. The summed E-state index contributed by atoms with van der Waals surface area (Å²) >= 11 is 0. The number of hydrogen-bond acceptors (Lipinski definition) is 10. The number of guanidine groups is 1. The van der Waals surface area contributed by atoms with E-state index in [-0.39, 0.29) is 31.9 Å². The molecule has 0 bridgehead atoms. The summed E-state index contributed by atoms with van der Waals surface area (Å²) in [6.45, 7) is 0.437. The van der Waals surface area contributed by atoms with Crippen LogP contribution < -0.4 is 38.1 Å². The number of aliphatic hydroxyl groups excluding tert-OH is 1. The van der Waals surface area contributed by atoms with Crippen molar-refractivity contribution < 1.29 is 48.9 Å². The third kappa shape index (κ3) is 12.9. The maximum Gasteiger partial charge on any atom is 0.326 e. The van der Waals surface area contributed by atoms with Crippen molar-refractivity contribution in [3.63, 3.8) is 0 Å². The Morgan fingerprint density at radius 2 is 1.58 bits per heavy atom. The molecule has 1 saturated heterocycles. The molecule has 1 aliphatic heterocycles. The van der Waals surface area contributed by atoms with Crippen LogP contribution in [0.25, 0.3) is 0 Å². The standard InChI is InChI=1S/C24H41N9O10/c1-12(34)19(22(41)33-9-3-5-15(33)23(42)43)32-21(40)14(6-7-18(37)38)31-17(36)11-29-20(39)13(30-16(35)10-25)4-2-8-28-24(26)27/h12-15,19,34H,2-11,25H2,1H3,(H,29,39)(H,30,35)(H,31,36)(H,32,40)(H,37,38)(H,42,43)(H4,26,27,28)/t12-,13+,14+,15+,19+/m1/s1. The molecule has 0 aliphatic carbocycles. The van der Waals surface area contributed by atoms with Crippen molar-refractivity contribution >= 4 is 47.4 Å². The van der Waals surface area contributed by atoms with Gasteiger partial charge in [0.2, 0.25) is 29.5 Å². The number of likely N-dealkylation sites (tertiary alicyclic amines) is 1. The predicted octanol–water partition coefficient (Wildman–Crippen LogP) is -4.90. The Bertz CT molecular complexity index is 1050. The molecule has 1 aliphatic rings. The molecular formula is C24H41N9O10. The molecule has 242 valence electrons. The van der Waals surface area contributed by atoms with Crippen molar-refractivity contribution in [1.29, 1.82) is 5.41 Å². The molecule has 1 rings (SSSR count). The van der Waals surface area contributed by atoms with Crippen molar-refractivity contribution in [3.8, 4) is 0 Å². The first kappa shape index (κ1) is 36.5. The fourth-order valence-electron chi connectivity index (χ4n) is 4.23. The van der Waals surface area contributed by atoms with E-state index < -0.39 is 97.7 Å². The van der Waals surface area contributed by atoms with E-state index in [9.17, 15) is 43.8 Å². The fourth-order valence-corrected chi connectivity index (χ4v) is 4.23. The van der Waals surface area contributed by atoms with Gasteiger partial charge in [-0.25, -0.2) is 4.79 Å². The van der Waals surface area contributed by atoms with Gasteiger partial charge < -0.3 is 58.3 Å². The molecule has 0 radical (unpaired) electrons. The third-order valence-corrected chi connectivity index (χ3v) is 6.41. The van der Waals surface area contributed by atoms with Crippen LogP contribution in [0.15, 0.2) is 0 Å². The zero-order valence-electron chi connectivity index (χ0n) is 23.8. The number of nitrogens with zero attached hydrogens (tertiary/aromatic N) is 1. The van der Waals surface area contributed by atoms with E-state index in [1.165, 1.54) is 6.92 Å². The molecule has 0 aromatic carbocycles. The highest BCUT2D eigenvalue weighted by atomic mass is 16.4. The van der Waals surface area contributed by atoms with Crippen LogP contribution in [0.5, 0.6) is 0 Å². The van der Waals surface area contributed by atoms with E-state index in [4.69, 9.17) is 22.0 Å². The highest BCUT2D eigenvalue weighted by Crippen LogP contribution is 2.19. The van der Waals surface area contributed by atoms with Crippen molar-refractivity contribution in [3.05, 3.63) is 0 Å². The molecule has 1 heterocycles. The summed E-state index contributed by atoms with van der Waals surface area (Å²) < 4.78 is 0. The van der Waals surface area contributed by atoms with Gasteiger partial charge in [0.1, 0.15) is 24.2 Å². The number of amides is 5. The van der Waals surface area contributed by atoms with Crippen LogP contribution in [0.3, 0.4) is 0 Å². The second kappa shape index (κ2) is 18.1. The first-order chi connectivity index (χ1) is 20.2. The summed E-state index contributed by atoms with van der Waals surface area (Å²) in [6, 6.07) is -5.32. The van der Waals surface area contributed by atoms with Crippen LogP contribution in [0.1, 0.15) is 45.4 Å². The molecule has 43 heavy (non-hydrogen) atoms. The average Bonchev–Trinajstić information content (AvgIpc) is 3.43. The molecular weight excluding hydrogens is 574 g/mol. The second-order valence-electron chi connectivity index (χ2n) is 9.83. The van der Waals surface area contributed by atoms with Gasteiger partial charge in [0, 0.05) is 19.5 Å². The van der Waals surface area contributed by atoms with Crippen molar-refractivity contribution in [2.75, 3.05) is 26.2 Å². The lowest BCUT2D eigenvalue weighted by atomic mass is 10.1. The molecule has 0 saturated carbocycles. The van der Waals surface area contributed by atoms with Gasteiger partial charge in [-0.05, 0) is 39.0 Å². The monoisotopic (exact) mass is 615 g/mol. The van der Waals surface area contributed by atoms with Crippen molar-refractivity contribution in [1.82, 2.24) is 31.5 Å². The number of carbonyl (C=O) groups is 7. The van der Waals surface area contributed by atoms with Crippen molar-refractivity contribution in [2.24, 2.45) is 11.5 Å². The molecule has 5 amide bonds. The smallest absolute Gasteiger partial charge is 0.326 e. The number of aliphatic hydroxyl groups is 1. The number of carbonyl (C=O) groups excluding carboxylic acids is 5. The first-order valence-electron chi connectivity index (χ1n) is 13.6. The fraction of sp³-hybridized carbons (Fsp3) is 0.667. The number of rotatable bonds is 18. The van der Waals surface area contributed by atoms with Gasteiger partial charge >= 0.3 is 11.9 Å². The molecule has 0 spiro atoms. The molecule has 5 atom stereocenters. The Morgan fingerprint density at radius 1 is 0.953 bits per heavy atom. The van der Waals surface area contributed by atoms with Gasteiger partial charge in [0.15, 0.2) is 5.96 Å². The van der Waals surface area contributed by atoms with Crippen LogP contribution in [-0.4, -0.2) is 124 Å². The lowest BCUT2D eigenvalue weighted by molar-refractivity contribution is -0.150. The number of hydrogen-bond donors (Lipinski definition) is 11. The van der Waals surface area contributed by atoms with E-state index in [0.29, 0.717) is 12.8 Å². The van der Waals surface area contributed by atoms with Crippen LogP contribution in [0.2, 0.25) is 0 Å². The van der Waals surface area contributed by atoms with E-state index in [1.54, 1.807) is 0 Å². The highest BCUT2D eigenvalue weighted by molar-refractivity contribution is 5.95. The van der Waals surface area contributed by atoms with Gasteiger partial charge in [-0.15, -0.1) is 0 Å². The molecule has 1 fully saturated rings. The summed E-state index contributed by atoms with van der Waals surface area (Å²) in [5, 5.41) is 47.6. The lowest BCUT2D eigenvalue weighted by Crippen LogP contribution is -2.59. The minimum Gasteiger partial charge on any atom is -0.481 e. The zero-order valence-corrected chi connectivity index (χ0v) is 23.8. The van der Waals surface area contributed by atoms with Crippen LogP contribution in [-0.2, 0) is 33.6 Å². The largest absolute Gasteiger partial charge is 0.481 e.